The zero-order valence-electron chi connectivity index (χ0n) is 11.3. The second-order valence-electron chi connectivity index (χ2n) is 5.48. The Balaban J connectivity index is 2.10. The van der Waals surface area contributed by atoms with Crippen molar-refractivity contribution in [1.82, 2.24) is 5.32 Å². The molecule has 0 atom stereocenters. The Labute approximate surface area is 109 Å². The number of rotatable bonds is 9. The Morgan fingerprint density at radius 3 is 2.39 bits per heavy atom. The molecule has 1 fully saturated rings. The topological polar surface area (TPSA) is 66.4 Å². The van der Waals surface area contributed by atoms with Crippen molar-refractivity contribution in [1.29, 1.82) is 0 Å². The molecule has 0 unspecified atom stereocenters. The third kappa shape index (κ3) is 5.07. The van der Waals surface area contributed by atoms with Crippen molar-refractivity contribution in [2.75, 3.05) is 6.54 Å². The molecule has 0 heterocycles. The first-order valence-corrected chi connectivity index (χ1v) is 7.06. The van der Waals surface area contributed by atoms with E-state index in [4.69, 9.17) is 5.11 Å². The van der Waals surface area contributed by atoms with Crippen LogP contribution in [0.4, 0.5) is 0 Å². The number of amides is 1. The Morgan fingerprint density at radius 2 is 1.89 bits per heavy atom. The summed E-state index contributed by atoms with van der Waals surface area (Å²) in [5, 5.41) is 11.5. The van der Waals surface area contributed by atoms with E-state index in [0.717, 1.165) is 6.54 Å². The fourth-order valence-electron chi connectivity index (χ4n) is 2.66. The Hall–Kier alpha value is -1.06. The van der Waals surface area contributed by atoms with Crippen molar-refractivity contribution in [2.45, 2.75) is 64.7 Å². The minimum absolute atomic E-state index is 0.0720. The number of hydrogen-bond acceptors (Lipinski definition) is 2. The fraction of sp³-hybridized carbons (Fsp3) is 0.857. The fourth-order valence-corrected chi connectivity index (χ4v) is 2.66. The Kier molecular flexibility index (Phi) is 6.16. The maximum atomic E-state index is 11.6. The minimum atomic E-state index is -0.785. The molecule has 0 aromatic carbocycles. The highest BCUT2D eigenvalue weighted by molar-refractivity contribution is 5.76. The molecule has 0 aromatic heterocycles. The van der Waals surface area contributed by atoms with Crippen molar-refractivity contribution in [3.05, 3.63) is 0 Å². The van der Waals surface area contributed by atoms with Gasteiger partial charge in [-0.05, 0) is 37.5 Å². The standard InChI is InChI=1S/C14H25NO3/c1-2-8-14(9-5-10-14)11-15-12(16)6-3-4-7-13(17)18/h2-11H2,1H3,(H,15,16)(H,17,18). The average Bonchev–Trinajstić information content (AvgIpc) is 2.27. The second-order valence-corrected chi connectivity index (χ2v) is 5.48. The van der Waals surface area contributed by atoms with Crippen LogP contribution in [0.15, 0.2) is 0 Å². The zero-order chi connectivity index (χ0) is 13.4. The van der Waals surface area contributed by atoms with Gasteiger partial charge in [-0.15, -0.1) is 0 Å². The van der Waals surface area contributed by atoms with Gasteiger partial charge in [0.2, 0.25) is 5.91 Å². The molecular formula is C14H25NO3. The van der Waals surface area contributed by atoms with E-state index in [1.54, 1.807) is 0 Å². The maximum Gasteiger partial charge on any atom is 0.303 e. The maximum absolute atomic E-state index is 11.6. The van der Waals surface area contributed by atoms with Crippen molar-refractivity contribution in [2.24, 2.45) is 5.41 Å². The molecule has 18 heavy (non-hydrogen) atoms. The molecule has 0 spiro atoms. The molecule has 1 aliphatic rings. The number of carboxylic acid groups (broad SMARTS) is 1. The highest BCUT2D eigenvalue weighted by atomic mass is 16.4. The van der Waals surface area contributed by atoms with Crippen LogP contribution in [0, 0.1) is 5.41 Å². The van der Waals surface area contributed by atoms with E-state index in [-0.39, 0.29) is 12.3 Å². The van der Waals surface area contributed by atoms with Crippen molar-refractivity contribution >= 4 is 11.9 Å². The van der Waals surface area contributed by atoms with Crippen molar-refractivity contribution in [3.8, 4) is 0 Å². The number of carboxylic acids is 1. The molecular weight excluding hydrogens is 230 g/mol. The molecule has 1 rings (SSSR count). The van der Waals surface area contributed by atoms with Gasteiger partial charge in [-0.1, -0.05) is 19.8 Å². The number of hydrogen-bond donors (Lipinski definition) is 2. The summed E-state index contributed by atoms with van der Waals surface area (Å²) in [6, 6.07) is 0. The largest absolute Gasteiger partial charge is 0.481 e. The van der Waals surface area contributed by atoms with E-state index in [0.29, 0.717) is 24.7 Å². The van der Waals surface area contributed by atoms with E-state index >= 15 is 0 Å². The van der Waals surface area contributed by atoms with Gasteiger partial charge in [-0.25, -0.2) is 0 Å². The Morgan fingerprint density at radius 1 is 1.22 bits per heavy atom. The van der Waals surface area contributed by atoms with E-state index in [2.05, 4.69) is 12.2 Å². The lowest BCUT2D eigenvalue weighted by Gasteiger charge is -2.42. The van der Waals surface area contributed by atoms with Gasteiger partial charge in [0, 0.05) is 19.4 Å². The molecule has 4 nitrogen and oxygen atoms in total. The second kappa shape index (κ2) is 7.39. The predicted octanol–water partition coefficient (Wildman–Crippen LogP) is 2.72. The molecule has 2 N–H and O–H groups in total. The van der Waals surface area contributed by atoms with Crippen molar-refractivity contribution < 1.29 is 14.7 Å². The number of carbonyl (C=O) groups is 2. The quantitative estimate of drug-likeness (QED) is 0.622. The number of carbonyl (C=O) groups excluding carboxylic acids is 1. The number of aliphatic carboxylic acids is 1. The molecule has 0 bridgehead atoms. The summed E-state index contributed by atoms with van der Waals surface area (Å²) in [6.45, 7) is 2.99. The molecule has 1 amide bonds. The number of nitrogens with one attached hydrogen (secondary N) is 1. The molecule has 0 aromatic rings. The smallest absolute Gasteiger partial charge is 0.303 e. The van der Waals surface area contributed by atoms with E-state index in [1.807, 2.05) is 0 Å². The number of unbranched alkanes of at least 4 members (excludes halogenated alkanes) is 1. The minimum Gasteiger partial charge on any atom is -0.481 e. The summed E-state index contributed by atoms with van der Waals surface area (Å²) in [6.07, 6.45) is 8.00. The van der Waals surface area contributed by atoms with Crippen molar-refractivity contribution in [3.63, 3.8) is 0 Å². The third-order valence-electron chi connectivity index (χ3n) is 3.90. The summed E-state index contributed by atoms with van der Waals surface area (Å²) < 4.78 is 0. The molecule has 0 aliphatic heterocycles. The van der Waals surface area contributed by atoms with Gasteiger partial charge in [0.1, 0.15) is 0 Å². The van der Waals surface area contributed by atoms with Gasteiger partial charge in [0.15, 0.2) is 0 Å². The van der Waals surface area contributed by atoms with Crippen LogP contribution < -0.4 is 5.32 Å². The van der Waals surface area contributed by atoms with Gasteiger partial charge < -0.3 is 10.4 Å². The van der Waals surface area contributed by atoms with Crippen LogP contribution in [0.25, 0.3) is 0 Å². The Bertz CT molecular complexity index is 285. The molecule has 1 aliphatic carbocycles. The average molecular weight is 255 g/mol. The van der Waals surface area contributed by atoms with Crippen LogP contribution in [0.3, 0.4) is 0 Å². The van der Waals surface area contributed by atoms with E-state index in [9.17, 15) is 9.59 Å². The van der Waals surface area contributed by atoms with Crippen LogP contribution >= 0.6 is 0 Å². The van der Waals surface area contributed by atoms with Crippen LogP contribution in [-0.2, 0) is 9.59 Å². The van der Waals surface area contributed by atoms with E-state index in [1.165, 1.54) is 32.1 Å². The molecule has 0 saturated heterocycles. The first-order chi connectivity index (χ1) is 8.58. The van der Waals surface area contributed by atoms with Gasteiger partial charge >= 0.3 is 5.97 Å². The van der Waals surface area contributed by atoms with Gasteiger partial charge in [-0.3, -0.25) is 9.59 Å². The lowest BCUT2D eigenvalue weighted by molar-refractivity contribution is -0.137. The third-order valence-corrected chi connectivity index (χ3v) is 3.90. The molecule has 0 radical (unpaired) electrons. The van der Waals surface area contributed by atoms with Gasteiger partial charge in [0.25, 0.3) is 0 Å². The molecule has 104 valence electrons. The summed E-state index contributed by atoms with van der Waals surface area (Å²) >= 11 is 0. The van der Waals surface area contributed by atoms with Crippen LogP contribution in [0.2, 0.25) is 0 Å². The first kappa shape index (κ1) is 15.0. The highest BCUT2D eigenvalue weighted by Crippen LogP contribution is 2.44. The SMILES string of the molecule is CCCC1(CNC(=O)CCCCC(=O)O)CCC1. The molecule has 4 heteroatoms. The first-order valence-electron chi connectivity index (χ1n) is 7.06. The zero-order valence-corrected chi connectivity index (χ0v) is 11.3. The van der Waals surface area contributed by atoms with Gasteiger partial charge in [0.05, 0.1) is 0 Å². The summed E-state index contributed by atoms with van der Waals surface area (Å²) in [5.41, 5.74) is 0.367. The van der Waals surface area contributed by atoms with Crippen LogP contribution in [0.5, 0.6) is 0 Å². The highest BCUT2D eigenvalue weighted by Gasteiger charge is 2.35. The van der Waals surface area contributed by atoms with Crippen LogP contribution in [-0.4, -0.2) is 23.5 Å². The summed E-state index contributed by atoms with van der Waals surface area (Å²) in [4.78, 5) is 21.9. The summed E-state index contributed by atoms with van der Waals surface area (Å²) in [5.74, 6) is -0.713. The monoisotopic (exact) mass is 255 g/mol. The lowest BCUT2D eigenvalue weighted by Crippen LogP contribution is -2.42. The lowest BCUT2D eigenvalue weighted by atomic mass is 9.66. The normalized spacial score (nSPS) is 16.9. The van der Waals surface area contributed by atoms with Crippen LogP contribution in [0.1, 0.15) is 64.7 Å². The predicted molar refractivity (Wildman–Crippen MR) is 70.3 cm³/mol. The summed E-state index contributed by atoms with van der Waals surface area (Å²) in [7, 11) is 0. The van der Waals surface area contributed by atoms with Gasteiger partial charge in [-0.2, -0.15) is 0 Å². The molecule has 1 saturated carbocycles. The van der Waals surface area contributed by atoms with E-state index < -0.39 is 5.97 Å².